The van der Waals surface area contributed by atoms with Crippen molar-refractivity contribution in [3.05, 3.63) is 59.4 Å². The number of likely N-dealkylation sites (N-methyl/N-ethyl adjacent to an activating group) is 1. The van der Waals surface area contributed by atoms with Crippen LogP contribution < -0.4 is 15.0 Å². The molecule has 0 aromatic heterocycles. The van der Waals surface area contributed by atoms with E-state index in [1.165, 1.54) is 18.0 Å². The number of aryl methyl sites for hydroxylation is 1. The quantitative estimate of drug-likeness (QED) is 0.585. The van der Waals surface area contributed by atoms with Gasteiger partial charge in [-0.2, -0.15) is 0 Å². The van der Waals surface area contributed by atoms with Crippen LogP contribution in [0.3, 0.4) is 0 Å². The minimum absolute atomic E-state index is 0.145. The van der Waals surface area contributed by atoms with E-state index >= 15 is 0 Å². The average Bonchev–Trinajstić information content (AvgIpc) is 3.07. The molecule has 0 bridgehead atoms. The van der Waals surface area contributed by atoms with Gasteiger partial charge in [-0.25, -0.2) is 9.18 Å². The molecule has 1 spiro atoms. The van der Waals surface area contributed by atoms with Crippen molar-refractivity contribution in [3.63, 3.8) is 0 Å². The molecule has 0 aliphatic carbocycles. The minimum Gasteiger partial charge on any atom is -0.497 e. The van der Waals surface area contributed by atoms with Crippen molar-refractivity contribution < 1.29 is 28.3 Å². The summed E-state index contributed by atoms with van der Waals surface area (Å²) in [4.78, 5) is 57.1. The minimum atomic E-state index is -1.10. The molecule has 1 atom stereocenters. The van der Waals surface area contributed by atoms with Gasteiger partial charge in [0.1, 0.15) is 23.1 Å². The normalized spacial score (nSPS) is 17.8. The summed E-state index contributed by atoms with van der Waals surface area (Å²) in [5, 5.41) is 2.77. The van der Waals surface area contributed by atoms with Crippen molar-refractivity contribution in [2.75, 3.05) is 32.1 Å². The van der Waals surface area contributed by atoms with E-state index in [4.69, 9.17) is 4.74 Å². The monoisotopic (exact) mass is 524 g/mol. The van der Waals surface area contributed by atoms with Crippen molar-refractivity contribution >= 4 is 29.4 Å². The first-order valence-corrected chi connectivity index (χ1v) is 12.6. The second kappa shape index (κ2) is 10.4. The van der Waals surface area contributed by atoms with Crippen LogP contribution in [0.15, 0.2) is 42.5 Å². The van der Waals surface area contributed by atoms with Gasteiger partial charge >= 0.3 is 6.03 Å². The van der Waals surface area contributed by atoms with E-state index in [0.29, 0.717) is 17.0 Å². The molecular weight excluding hydrogens is 491 g/mol. The third-order valence-electron chi connectivity index (χ3n) is 7.37. The SMILES string of the molecule is COc1ccc(N2C(=O)N(C)C(=O)C23CCN(C(=O)[C@H](NC(=O)c2cc(C)cc(F)c2)C(C)C)CC3)cc1. The maximum atomic E-state index is 13.8. The van der Waals surface area contributed by atoms with Gasteiger partial charge in [-0.1, -0.05) is 13.8 Å². The van der Waals surface area contributed by atoms with Crippen LogP contribution in [0.4, 0.5) is 14.9 Å². The lowest BCUT2D eigenvalue weighted by atomic mass is 9.85. The number of carbonyl (C=O) groups excluding carboxylic acids is 4. The lowest BCUT2D eigenvalue weighted by molar-refractivity contribution is -0.139. The van der Waals surface area contributed by atoms with Gasteiger partial charge in [0.25, 0.3) is 11.8 Å². The number of imide groups is 1. The van der Waals surface area contributed by atoms with E-state index in [0.717, 1.165) is 11.0 Å². The Balaban J connectivity index is 1.52. The number of amides is 5. The molecule has 5 amide bonds. The Morgan fingerprint density at radius 1 is 1.05 bits per heavy atom. The van der Waals surface area contributed by atoms with E-state index in [9.17, 15) is 23.6 Å². The van der Waals surface area contributed by atoms with Crippen molar-refractivity contribution in [2.45, 2.75) is 45.2 Å². The van der Waals surface area contributed by atoms with Gasteiger partial charge in [0.05, 0.1) is 7.11 Å². The van der Waals surface area contributed by atoms with E-state index in [1.54, 1.807) is 49.3 Å². The number of carbonyl (C=O) groups is 4. The van der Waals surface area contributed by atoms with Crippen molar-refractivity contribution in [1.82, 2.24) is 15.1 Å². The number of hydrogen-bond donors (Lipinski definition) is 1. The molecular formula is C28H33FN4O5. The number of ether oxygens (including phenoxy) is 1. The fourth-order valence-corrected chi connectivity index (χ4v) is 5.25. The molecule has 10 heteroatoms. The number of likely N-dealkylation sites (tertiary alicyclic amines) is 1. The Hall–Kier alpha value is -3.95. The zero-order valence-corrected chi connectivity index (χ0v) is 22.3. The average molecular weight is 525 g/mol. The van der Waals surface area contributed by atoms with Crippen LogP contribution in [0.2, 0.25) is 0 Å². The highest BCUT2D eigenvalue weighted by atomic mass is 19.1. The fourth-order valence-electron chi connectivity index (χ4n) is 5.25. The lowest BCUT2D eigenvalue weighted by Crippen LogP contribution is -2.60. The van der Waals surface area contributed by atoms with Gasteiger partial charge in [0, 0.05) is 31.4 Å². The topological polar surface area (TPSA) is 99.3 Å². The molecule has 2 aromatic carbocycles. The first-order valence-electron chi connectivity index (χ1n) is 12.6. The number of piperidine rings is 1. The molecule has 2 aliphatic heterocycles. The van der Waals surface area contributed by atoms with E-state index in [2.05, 4.69) is 5.32 Å². The summed E-state index contributed by atoms with van der Waals surface area (Å²) in [5.74, 6) is -1.24. The van der Waals surface area contributed by atoms with Crippen LogP contribution in [0.1, 0.15) is 42.6 Å². The molecule has 0 radical (unpaired) electrons. The number of nitrogens with one attached hydrogen (secondary N) is 1. The van der Waals surface area contributed by atoms with Crippen LogP contribution in [0.25, 0.3) is 0 Å². The number of halogens is 1. The maximum absolute atomic E-state index is 13.8. The van der Waals surface area contributed by atoms with E-state index in [1.807, 2.05) is 13.8 Å². The van der Waals surface area contributed by atoms with Gasteiger partial charge in [0.15, 0.2) is 0 Å². The third kappa shape index (κ3) is 4.82. The summed E-state index contributed by atoms with van der Waals surface area (Å²) in [7, 11) is 3.01. The molecule has 9 nitrogen and oxygen atoms in total. The highest BCUT2D eigenvalue weighted by Gasteiger charge is 2.58. The number of hydrogen-bond acceptors (Lipinski definition) is 5. The summed E-state index contributed by atoms with van der Waals surface area (Å²) in [6.07, 6.45) is 0.503. The number of nitrogens with zero attached hydrogens (tertiary/aromatic N) is 3. The second-order valence-corrected chi connectivity index (χ2v) is 10.2. The molecule has 0 unspecified atom stereocenters. The van der Waals surface area contributed by atoms with Crippen molar-refractivity contribution in [3.8, 4) is 5.75 Å². The molecule has 2 aliphatic rings. The Labute approximate surface area is 221 Å². The first kappa shape index (κ1) is 27.1. The number of benzene rings is 2. The Kier molecular flexibility index (Phi) is 7.44. The first-order chi connectivity index (χ1) is 18.0. The summed E-state index contributed by atoms with van der Waals surface area (Å²) in [6.45, 7) is 5.80. The molecule has 2 fully saturated rings. The number of anilines is 1. The smallest absolute Gasteiger partial charge is 0.331 e. The van der Waals surface area contributed by atoms with Crippen LogP contribution in [-0.2, 0) is 9.59 Å². The number of rotatable bonds is 6. The van der Waals surface area contributed by atoms with E-state index in [-0.39, 0.29) is 49.2 Å². The molecule has 2 aromatic rings. The summed E-state index contributed by atoms with van der Waals surface area (Å²) in [5.41, 5.74) is 0.219. The Morgan fingerprint density at radius 3 is 2.24 bits per heavy atom. The molecule has 4 rings (SSSR count). The predicted octanol–water partition coefficient (Wildman–Crippen LogP) is 3.36. The largest absolute Gasteiger partial charge is 0.497 e. The van der Waals surface area contributed by atoms with Crippen LogP contribution in [0, 0.1) is 18.7 Å². The van der Waals surface area contributed by atoms with Gasteiger partial charge in [0.2, 0.25) is 5.91 Å². The van der Waals surface area contributed by atoms with Crippen LogP contribution >= 0.6 is 0 Å². The number of urea groups is 1. The molecule has 1 N–H and O–H groups in total. The van der Waals surface area contributed by atoms with Gasteiger partial charge in [-0.05, 0) is 73.7 Å². The molecule has 38 heavy (non-hydrogen) atoms. The van der Waals surface area contributed by atoms with Crippen molar-refractivity contribution in [2.24, 2.45) is 5.92 Å². The molecule has 202 valence electrons. The second-order valence-electron chi connectivity index (χ2n) is 10.2. The van der Waals surface area contributed by atoms with Crippen LogP contribution in [0.5, 0.6) is 5.75 Å². The maximum Gasteiger partial charge on any atom is 0.331 e. The highest BCUT2D eigenvalue weighted by Crippen LogP contribution is 2.40. The summed E-state index contributed by atoms with van der Waals surface area (Å²) < 4.78 is 19.1. The van der Waals surface area contributed by atoms with Crippen LogP contribution in [-0.4, -0.2) is 72.4 Å². The Bertz CT molecular complexity index is 1230. The molecule has 0 saturated carbocycles. The van der Waals surface area contributed by atoms with E-state index < -0.39 is 29.3 Å². The van der Waals surface area contributed by atoms with Gasteiger partial charge in [-0.3, -0.25) is 24.2 Å². The fraction of sp³-hybridized carbons (Fsp3) is 0.429. The Morgan fingerprint density at radius 2 is 1.68 bits per heavy atom. The standard InChI is InChI=1S/C28H33FN4O5/c1-17(2)23(30-24(34)19-14-18(3)15-20(29)16-19)25(35)32-12-10-28(11-13-32)26(36)31(4)27(37)33(28)21-6-8-22(38-5)9-7-21/h6-9,14-17,23H,10-13H2,1-5H3,(H,30,34)/t23-/m1/s1. The zero-order valence-electron chi connectivity index (χ0n) is 22.3. The third-order valence-corrected chi connectivity index (χ3v) is 7.37. The summed E-state index contributed by atoms with van der Waals surface area (Å²) in [6, 6.07) is 9.72. The predicted molar refractivity (Wildman–Crippen MR) is 139 cm³/mol. The zero-order chi connectivity index (χ0) is 27.8. The highest BCUT2D eigenvalue weighted by molar-refractivity contribution is 6.16. The lowest BCUT2D eigenvalue weighted by Gasteiger charge is -2.43. The number of methoxy groups -OCH3 is 1. The summed E-state index contributed by atoms with van der Waals surface area (Å²) >= 11 is 0. The van der Waals surface area contributed by atoms with Gasteiger partial charge < -0.3 is 15.0 Å². The molecule has 2 saturated heterocycles. The van der Waals surface area contributed by atoms with Gasteiger partial charge in [-0.15, -0.1) is 0 Å². The van der Waals surface area contributed by atoms with Crippen molar-refractivity contribution in [1.29, 1.82) is 0 Å². The molecule has 2 heterocycles.